The van der Waals surface area contributed by atoms with Gasteiger partial charge in [-0.05, 0) is 30.9 Å². The molecule has 0 radical (unpaired) electrons. The van der Waals surface area contributed by atoms with Gasteiger partial charge in [-0.25, -0.2) is 0 Å². The second kappa shape index (κ2) is 8.14. The fourth-order valence-electron chi connectivity index (χ4n) is 3.12. The molecule has 4 nitrogen and oxygen atoms in total. The van der Waals surface area contributed by atoms with Gasteiger partial charge in [0.05, 0.1) is 0 Å². The van der Waals surface area contributed by atoms with E-state index in [1.54, 1.807) is 0 Å². The number of carbonyl (C=O) groups excluding carboxylic acids is 2. The van der Waals surface area contributed by atoms with E-state index in [2.05, 4.69) is 31.3 Å². The van der Waals surface area contributed by atoms with Crippen molar-refractivity contribution >= 4 is 17.5 Å². The van der Waals surface area contributed by atoms with E-state index in [1.165, 1.54) is 12.5 Å². The van der Waals surface area contributed by atoms with Crippen LogP contribution in [0.15, 0.2) is 18.2 Å². The van der Waals surface area contributed by atoms with Gasteiger partial charge in [0.25, 0.3) is 5.91 Å². The Hall–Kier alpha value is -1.84. The number of amides is 2. The first-order chi connectivity index (χ1) is 11.1. The molecule has 0 saturated carbocycles. The summed E-state index contributed by atoms with van der Waals surface area (Å²) >= 11 is 0. The summed E-state index contributed by atoms with van der Waals surface area (Å²) in [5.74, 6) is -0.164. The third-order valence-corrected chi connectivity index (χ3v) is 4.36. The summed E-state index contributed by atoms with van der Waals surface area (Å²) in [6.45, 7) is 6.52. The Morgan fingerprint density at radius 2 is 1.91 bits per heavy atom. The maximum atomic E-state index is 12.7. The minimum Gasteiger partial charge on any atom is -0.341 e. The average molecular weight is 316 g/mol. The molecule has 1 heterocycles. The molecule has 0 saturated heterocycles. The Morgan fingerprint density at radius 1 is 1.17 bits per heavy atom. The van der Waals surface area contributed by atoms with E-state index in [9.17, 15) is 9.59 Å². The Morgan fingerprint density at radius 3 is 2.57 bits per heavy atom. The Labute approximate surface area is 139 Å². The molecule has 2 rings (SSSR count). The van der Waals surface area contributed by atoms with Crippen LogP contribution in [0.2, 0.25) is 0 Å². The minimum absolute atomic E-state index is 0.000977. The van der Waals surface area contributed by atoms with Crippen molar-refractivity contribution in [2.75, 3.05) is 11.4 Å². The molecule has 23 heavy (non-hydrogen) atoms. The van der Waals surface area contributed by atoms with Crippen LogP contribution < -0.4 is 10.2 Å². The number of aryl methyl sites for hydroxylation is 1. The molecule has 126 valence electrons. The number of rotatable bonds is 8. The summed E-state index contributed by atoms with van der Waals surface area (Å²) in [5.41, 5.74) is 3.16. The van der Waals surface area contributed by atoms with E-state index < -0.39 is 6.04 Å². The highest BCUT2D eigenvalue weighted by Crippen LogP contribution is 2.37. The molecule has 1 aromatic rings. The number of carbonyl (C=O) groups is 2. The number of nitrogens with one attached hydrogen (secondary N) is 1. The van der Waals surface area contributed by atoms with Crippen LogP contribution in [0, 0.1) is 0 Å². The summed E-state index contributed by atoms with van der Waals surface area (Å²) in [6, 6.07) is 5.74. The lowest BCUT2D eigenvalue weighted by Crippen LogP contribution is -2.37. The summed E-state index contributed by atoms with van der Waals surface area (Å²) in [6.07, 6.45) is 6.52. The summed E-state index contributed by atoms with van der Waals surface area (Å²) in [7, 11) is 0. The van der Waals surface area contributed by atoms with Gasteiger partial charge in [0, 0.05) is 24.7 Å². The Bertz CT molecular complexity index is 568. The zero-order valence-electron chi connectivity index (χ0n) is 14.5. The highest BCUT2D eigenvalue weighted by molar-refractivity contribution is 6.06. The summed E-state index contributed by atoms with van der Waals surface area (Å²) in [4.78, 5) is 26.1. The van der Waals surface area contributed by atoms with Crippen molar-refractivity contribution in [3.05, 3.63) is 29.3 Å². The fourth-order valence-corrected chi connectivity index (χ4v) is 3.12. The molecule has 1 atom stereocenters. The summed E-state index contributed by atoms with van der Waals surface area (Å²) in [5, 5.41) is 2.82. The van der Waals surface area contributed by atoms with Crippen LogP contribution in [-0.4, -0.2) is 18.4 Å². The molecular weight excluding hydrogens is 288 g/mol. The lowest BCUT2D eigenvalue weighted by molar-refractivity contribution is -0.126. The molecule has 1 aliphatic rings. The monoisotopic (exact) mass is 316 g/mol. The Kier molecular flexibility index (Phi) is 6.20. The standard InChI is InChI=1S/C19H28N2O2/c1-4-6-8-12-21-17-11-10-15(9-7-5-2)13-16(17)18(19(21)23)20-14(3)22/h10-11,13,18H,4-9,12H2,1-3H3,(H,20,22)/t18-/m0/s1. The first kappa shape index (κ1) is 17.5. The first-order valence-electron chi connectivity index (χ1n) is 8.79. The third kappa shape index (κ3) is 4.12. The van der Waals surface area contributed by atoms with Crippen molar-refractivity contribution < 1.29 is 9.59 Å². The molecule has 0 aromatic heterocycles. The van der Waals surface area contributed by atoms with Crippen molar-refractivity contribution in [1.29, 1.82) is 0 Å². The van der Waals surface area contributed by atoms with Crippen LogP contribution >= 0.6 is 0 Å². The average Bonchev–Trinajstić information content (AvgIpc) is 2.78. The van der Waals surface area contributed by atoms with E-state index in [4.69, 9.17) is 0 Å². The molecule has 0 fully saturated rings. The minimum atomic E-state index is -0.522. The summed E-state index contributed by atoms with van der Waals surface area (Å²) < 4.78 is 0. The lowest BCUT2D eigenvalue weighted by atomic mass is 10.0. The third-order valence-electron chi connectivity index (χ3n) is 4.36. The van der Waals surface area contributed by atoms with Gasteiger partial charge in [0.2, 0.25) is 5.91 Å². The largest absolute Gasteiger partial charge is 0.341 e. The van der Waals surface area contributed by atoms with E-state index in [0.717, 1.165) is 56.3 Å². The van der Waals surface area contributed by atoms with E-state index in [1.807, 2.05) is 11.0 Å². The SMILES string of the molecule is CCCCCN1C(=O)[C@@H](NC(C)=O)c2cc(CCCC)ccc21. The molecule has 0 spiro atoms. The molecule has 2 amide bonds. The molecule has 0 unspecified atom stereocenters. The normalized spacial score (nSPS) is 16.6. The molecule has 0 bridgehead atoms. The number of unbranched alkanes of at least 4 members (excludes halogenated alkanes) is 3. The quantitative estimate of drug-likeness (QED) is 0.743. The highest BCUT2D eigenvalue weighted by atomic mass is 16.2. The number of anilines is 1. The second-order valence-electron chi connectivity index (χ2n) is 6.33. The zero-order chi connectivity index (χ0) is 16.8. The van der Waals surface area contributed by atoms with Gasteiger partial charge in [0.1, 0.15) is 6.04 Å². The number of fused-ring (bicyclic) bond motifs is 1. The molecule has 1 aromatic carbocycles. The topological polar surface area (TPSA) is 49.4 Å². The van der Waals surface area contributed by atoms with Gasteiger partial charge < -0.3 is 10.2 Å². The second-order valence-corrected chi connectivity index (χ2v) is 6.33. The van der Waals surface area contributed by atoms with Gasteiger partial charge in [-0.15, -0.1) is 0 Å². The van der Waals surface area contributed by atoms with Crippen molar-refractivity contribution in [2.45, 2.75) is 65.3 Å². The van der Waals surface area contributed by atoms with E-state index in [-0.39, 0.29) is 11.8 Å². The number of hydrogen-bond acceptors (Lipinski definition) is 2. The van der Waals surface area contributed by atoms with Crippen molar-refractivity contribution in [3.8, 4) is 0 Å². The molecule has 1 N–H and O–H groups in total. The van der Waals surface area contributed by atoms with E-state index >= 15 is 0 Å². The van der Waals surface area contributed by atoms with Crippen LogP contribution in [0.1, 0.15) is 70.0 Å². The zero-order valence-corrected chi connectivity index (χ0v) is 14.5. The van der Waals surface area contributed by atoms with Gasteiger partial charge in [-0.1, -0.05) is 45.2 Å². The van der Waals surface area contributed by atoms with Crippen molar-refractivity contribution in [1.82, 2.24) is 5.32 Å². The van der Waals surface area contributed by atoms with Gasteiger partial charge in [0.15, 0.2) is 0 Å². The van der Waals surface area contributed by atoms with Crippen molar-refractivity contribution in [2.24, 2.45) is 0 Å². The molecule has 0 aliphatic carbocycles. The number of hydrogen-bond donors (Lipinski definition) is 1. The van der Waals surface area contributed by atoms with Crippen LogP contribution in [0.3, 0.4) is 0 Å². The molecule has 1 aliphatic heterocycles. The van der Waals surface area contributed by atoms with E-state index in [0.29, 0.717) is 0 Å². The highest BCUT2D eigenvalue weighted by Gasteiger charge is 2.37. The predicted octanol–water partition coefficient (Wildman–Crippen LogP) is 3.74. The smallest absolute Gasteiger partial charge is 0.254 e. The van der Waals surface area contributed by atoms with Crippen molar-refractivity contribution in [3.63, 3.8) is 0 Å². The fraction of sp³-hybridized carbons (Fsp3) is 0.579. The predicted molar refractivity (Wildman–Crippen MR) is 93.5 cm³/mol. The van der Waals surface area contributed by atoms with Crippen LogP contribution in [-0.2, 0) is 16.0 Å². The maximum absolute atomic E-state index is 12.7. The van der Waals surface area contributed by atoms with Crippen LogP contribution in [0.25, 0.3) is 0 Å². The molecular formula is C19H28N2O2. The van der Waals surface area contributed by atoms with Crippen LogP contribution in [0.5, 0.6) is 0 Å². The number of nitrogens with zero attached hydrogens (tertiary/aromatic N) is 1. The van der Waals surface area contributed by atoms with Crippen LogP contribution in [0.4, 0.5) is 5.69 Å². The number of benzene rings is 1. The molecule has 4 heteroatoms. The Balaban J connectivity index is 2.27. The first-order valence-corrected chi connectivity index (χ1v) is 8.79. The van der Waals surface area contributed by atoms with Gasteiger partial charge in [-0.2, -0.15) is 0 Å². The van der Waals surface area contributed by atoms with Gasteiger partial charge in [-0.3, -0.25) is 9.59 Å². The lowest BCUT2D eigenvalue weighted by Gasteiger charge is -2.18. The maximum Gasteiger partial charge on any atom is 0.254 e. The van der Waals surface area contributed by atoms with Gasteiger partial charge >= 0.3 is 0 Å².